The lowest BCUT2D eigenvalue weighted by atomic mass is 9.75. The first-order valence-electron chi connectivity index (χ1n) is 7.83. The predicted molar refractivity (Wildman–Crippen MR) is 89.2 cm³/mol. The highest BCUT2D eigenvalue weighted by Crippen LogP contribution is 2.40. The van der Waals surface area contributed by atoms with Crippen LogP contribution in [0.2, 0.25) is 0 Å². The summed E-state index contributed by atoms with van der Waals surface area (Å²) in [6.07, 6.45) is -2.12. The monoisotopic (exact) mass is 428 g/mol. The summed E-state index contributed by atoms with van der Waals surface area (Å²) in [5, 5.41) is -0.396. The van der Waals surface area contributed by atoms with E-state index in [1.807, 2.05) is 0 Å². The molecule has 1 saturated carbocycles. The van der Waals surface area contributed by atoms with Crippen molar-refractivity contribution in [1.29, 1.82) is 0 Å². The van der Waals surface area contributed by atoms with Crippen molar-refractivity contribution in [3.8, 4) is 5.06 Å². The highest BCUT2D eigenvalue weighted by molar-refractivity contribution is 9.10. The quantitative estimate of drug-likeness (QED) is 0.549. The van der Waals surface area contributed by atoms with Gasteiger partial charge in [-0.1, -0.05) is 38.5 Å². The predicted octanol–water partition coefficient (Wildman–Crippen LogP) is 6.03. The summed E-state index contributed by atoms with van der Waals surface area (Å²) in [5.74, 6) is 0.536. The van der Waals surface area contributed by atoms with Crippen molar-refractivity contribution >= 4 is 33.2 Å². The number of carbonyl (C=O) groups is 1. The van der Waals surface area contributed by atoms with Crippen LogP contribution in [0.15, 0.2) is 10.5 Å². The Kier molecular flexibility index (Phi) is 6.23. The minimum absolute atomic E-state index is 0.0918. The van der Waals surface area contributed by atoms with Crippen LogP contribution in [0.25, 0.3) is 0 Å². The number of ether oxygens (including phenoxy) is 2. The van der Waals surface area contributed by atoms with Crippen molar-refractivity contribution in [2.45, 2.75) is 52.5 Å². The molecular weight excluding hydrogens is 409 g/mol. The number of esters is 1. The molecule has 8 heteroatoms. The molecule has 1 fully saturated rings. The smallest absolute Gasteiger partial charge is 0.458 e. The average molecular weight is 429 g/mol. The van der Waals surface area contributed by atoms with Crippen molar-refractivity contribution < 1.29 is 27.4 Å². The van der Waals surface area contributed by atoms with Gasteiger partial charge < -0.3 is 9.47 Å². The van der Waals surface area contributed by atoms with Crippen molar-refractivity contribution in [3.63, 3.8) is 0 Å². The molecule has 1 aromatic rings. The van der Waals surface area contributed by atoms with Gasteiger partial charge in [0.2, 0.25) is 0 Å². The Labute approximate surface area is 151 Å². The number of carbonyl (C=O) groups excluding carboxylic acids is 1. The molecule has 1 aromatic heterocycles. The van der Waals surface area contributed by atoms with Crippen molar-refractivity contribution in [1.82, 2.24) is 0 Å². The maximum atomic E-state index is 12.3. The zero-order valence-corrected chi connectivity index (χ0v) is 16.1. The third kappa shape index (κ3) is 5.12. The molecule has 0 saturated heterocycles. The number of hydrogen-bond acceptors (Lipinski definition) is 4. The molecule has 0 amide bonds. The molecule has 0 unspecified atom stereocenters. The van der Waals surface area contributed by atoms with Gasteiger partial charge in [-0.2, -0.15) is 0 Å². The number of rotatable bonds is 4. The Morgan fingerprint density at radius 1 is 1.38 bits per heavy atom. The molecule has 3 atom stereocenters. The first-order valence-corrected chi connectivity index (χ1v) is 9.43. The largest absolute Gasteiger partial charge is 0.573 e. The summed E-state index contributed by atoms with van der Waals surface area (Å²) in [7, 11) is 0. The normalized spacial score (nSPS) is 24.9. The zero-order valence-electron chi connectivity index (χ0n) is 13.7. The van der Waals surface area contributed by atoms with Crippen LogP contribution in [0.1, 0.15) is 49.7 Å². The van der Waals surface area contributed by atoms with E-state index in [0.29, 0.717) is 23.2 Å². The van der Waals surface area contributed by atoms with Gasteiger partial charge in [0.25, 0.3) is 0 Å². The fraction of sp³-hybridized carbons (Fsp3) is 0.688. The van der Waals surface area contributed by atoms with Crippen molar-refractivity contribution in [2.75, 3.05) is 0 Å². The molecule has 24 heavy (non-hydrogen) atoms. The van der Waals surface area contributed by atoms with Gasteiger partial charge in [0.1, 0.15) is 11.0 Å². The van der Waals surface area contributed by atoms with E-state index in [2.05, 4.69) is 41.4 Å². The second kappa shape index (κ2) is 7.64. The zero-order chi connectivity index (χ0) is 18.1. The lowest BCUT2D eigenvalue weighted by Gasteiger charge is -2.36. The molecule has 0 spiro atoms. The topological polar surface area (TPSA) is 35.5 Å². The molecule has 0 bridgehead atoms. The van der Waals surface area contributed by atoms with Gasteiger partial charge in [0.15, 0.2) is 5.06 Å². The molecule has 1 aliphatic rings. The maximum Gasteiger partial charge on any atom is 0.573 e. The second-order valence-corrected chi connectivity index (χ2v) is 8.43. The molecule has 0 N–H and O–H groups in total. The van der Waals surface area contributed by atoms with Crippen molar-refractivity contribution in [2.24, 2.45) is 17.8 Å². The fourth-order valence-electron chi connectivity index (χ4n) is 3.07. The van der Waals surface area contributed by atoms with E-state index in [4.69, 9.17) is 4.74 Å². The Hall–Kier alpha value is -0.760. The highest BCUT2D eigenvalue weighted by atomic mass is 79.9. The Balaban J connectivity index is 2.09. The van der Waals surface area contributed by atoms with Crippen LogP contribution in [0.4, 0.5) is 13.2 Å². The van der Waals surface area contributed by atoms with Gasteiger partial charge in [-0.15, -0.1) is 13.2 Å². The molecule has 1 heterocycles. The number of hydrogen-bond donors (Lipinski definition) is 0. The van der Waals surface area contributed by atoms with Gasteiger partial charge in [-0.25, -0.2) is 4.79 Å². The SMILES string of the molecule is CC(C)[C@@H]1CC[C@@H](C)C[C@H]1OC(=O)c1cc(Br)c(OC(F)(F)F)s1. The first kappa shape index (κ1) is 19.6. The fourth-order valence-corrected chi connectivity index (χ4v) is 4.58. The second-order valence-electron chi connectivity index (χ2n) is 6.56. The van der Waals surface area contributed by atoms with Gasteiger partial charge in [0.05, 0.1) is 4.47 Å². The Bertz CT molecular complexity index is 586. The summed E-state index contributed by atoms with van der Waals surface area (Å²) in [4.78, 5) is 12.4. The molecule has 3 nitrogen and oxygen atoms in total. The Morgan fingerprint density at radius 2 is 2.04 bits per heavy atom. The molecule has 0 aromatic carbocycles. The van der Waals surface area contributed by atoms with Crippen LogP contribution in [-0.4, -0.2) is 18.4 Å². The minimum Gasteiger partial charge on any atom is -0.458 e. The molecule has 1 aliphatic carbocycles. The molecular formula is C16H20BrF3O3S. The summed E-state index contributed by atoms with van der Waals surface area (Å²) in [6.45, 7) is 6.31. The molecule has 2 rings (SSSR count). The number of halogens is 4. The van der Waals surface area contributed by atoms with E-state index >= 15 is 0 Å². The number of alkyl halides is 3. The summed E-state index contributed by atoms with van der Waals surface area (Å²) >= 11 is 3.62. The average Bonchev–Trinajstić information content (AvgIpc) is 2.78. The Morgan fingerprint density at radius 3 is 2.62 bits per heavy atom. The van der Waals surface area contributed by atoms with Crippen LogP contribution in [0.5, 0.6) is 5.06 Å². The lowest BCUT2D eigenvalue weighted by molar-refractivity contribution is -0.273. The van der Waals surface area contributed by atoms with Crippen LogP contribution < -0.4 is 4.74 Å². The minimum atomic E-state index is -4.80. The summed E-state index contributed by atoms with van der Waals surface area (Å²) in [5.41, 5.74) is 0. The maximum absolute atomic E-state index is 12.3. The van der Waals surface area contributed by atoms with Gasteiger partial charge in [0, 0.05) is 0 Å². The lowest BCUT2D eigenvalue weighted by Crippen LogP contribution is -2.35. The van der Waals surface area contributed by atoms with E-state index in [1.54, 1.807) is 0 Å². The van der Waals surface area contributed by atoms with Crippen LogP contribution >= 0.6 is 27.3 Å². The standard InChI is InChI=1S/C16H20BrF3O3S/c1-8(2)10-5-4-9(3)6-12(10)22-14(21)13-7-11(17)15(24-13)23-16(18,19)20/h7-10,12H,4-6H2,1-3H3/t9-,10+,12-/m1/s1. The summed E-state index contributed by atoms with van der Waals surface area (Å²) in [6, 6.07) is 1.31. The molecule has 136 valence electrons. The van der Waals surface area contributed by atoms with E-state index < -0.39 is 17.4 Å². The third-order valence-electron chi connectivity index (χ3n) is 4.28. The molecule has 0 aliphatic heterocycles. The van der Waals surface area contributed by atoms with E-state index in [9.17, 15) is 18.0 Å². The van der Waals surface area contributed by atoms with E-state index in [0.717, 1.165) is 19.3 Å². The number of thiophene rings is 1. The van der Waals surface area contributed by atoms with E-state index in [-0.39, 0.29) is 21.4 Å². The van der Waals surface area contributed by atoms with E-state index in [1.165, 1.54) is 6.07 Å². The highest BCUT2D eigenvalue weighted by Gasteiger charge is 2.36. The van der Waals surface area contributed by atoms with Crippen LogP contribution in [0.3, 0.4) is 0 Å². The van der Waals surface area contributed by atoms with Gasteiger partial charge in [-0.3, -0.25) is 0 Å². The third-order valence-corrected chi connectivity index (χ3v) is 6.13. The van der Waals surface area contributed by atoms with Gasteiger partial charge in [-0.05, 0) is 52.6 Å². The summed E-state index contributed by atoms with van der Waals surface area (Å²) < 4.78 is 46.6. The van der Waals surface area contributed by atoms with Crippen LogP contribution in [-0.2, 0) is 4.74 Å². The molecule has 0 radical (unpaired) electrons. The van der Waals surface area contributed by atoms with Crippen molar-refractivity contribution in [3.05, 3.63) is 15.4 Å². The first-order chi connectivity index (χ1) is 11.1. The van der Waals surface area contributed by atoms with Gasteiger partial charge >= 0.3 is 12.3 Å². The van der Waals surface area contributed by atoms with Crippen LogP contribution in [0, 0.1) is 17.8 Å².